The molecule has 0 aliphatic carbocycles. The zero-order valence-electron chi connectivity index (χ0n) is 13.4. The molecule has 3 aromatic heterocycles. The normalized spacial score (nSPS) is 16.4. The summed E-state index contributed by atoms with van der Waals surface area (Å²) in [5, 5.41) is 11.3. The summed E-state index contributed by atoms with van der Waals surface area (Å²) in [5.41, 5.74) is 3.92. The quantitative estimate of drug-likeness (QED) is 0.715. The van der Waals surface area contributed by atoms with E-state index in [1.165, 1.54) is 0 Å². The first kappa shape index (κ1) is 15.2. The van der Waals surface area contributed by atoms with Crippen molar-refractivity contribution >= 4 is 17.1 Å². The lowest BCUT2D eigenvalue weighted by atomic mass is 10.0. The van der Waals surface area contributed by atoms with Crippen LogP contribution in [0.25, 0.3) is 16.8 Å². The van der Waals surface area contributed by atoms with Crippen LogP contribution in [0.5, 0.6) is 0 Å². The van der Waals surface area contributed by atoms with Gasteiger partial charge >= 0.3 is 0 Å². The Kier molecular flexibility index (Phi) is 3.56. The Morgan fingerprint density at radius 3 is 2.88 bits per heavy atom. The van der Waals surface area contributed by atoms with E-state index in [-0.39, 0.29) is 6.04 Å². The summed E-state index contributed by atoms with van der Waals surface area (Å²) in [5.74, 6) is 6.95. The molecule has 0 amide bonds. The molecule has 0 saturated carbocycles. The molecule has 1 aliphatic rings. The third kappa shape index (κ3) is 2.21. The number of hydrogen-bond donors (Lipinski definition) is 2. The maximum absolute atomic E-state index is 6.53. The minimum Gasteiger partial charge on any atom is -0.295 e. The summed E-state index contributed by atoms with van der Waals surface area (Å²) in [6.07, 6.45) is 9.48. The Morgan fingerprint density at radius 2 is 2.21 bits per heavy atom. The van der Waals surface area contributed by atoms with Crippen LogP contribution in [0.2, 0.25) is 5.02 Å². The molecule has 1 atom stereocenters. The summed E-state index contributed by atoms with van der Waals surface area (Å²) in [6.45, 7) is 4.75. The van der Waals surface area contributed by atoms with Crippen molar-refractivity contribution < 1.29 is 0 Å². The highest BCUT2D eigenvalue weighted by atomic mass is 35.5. The summed E-state index contributed by atoms with van der Waals surface area (Å²) in [4.78, 5) is 4.43. The van der Waals surface area contributed by atoms with Gasteiger partial charge < -0.3 is 0 Å². The van der Waals surface area contributed by atoms with Crippen molar-refractivity contribution in [1.82, 2.24) is 29.7 Å². The maximum Gasteiger partial charge on any atom is 0.110 e. The number of nitrogens with one attached hydrogen (secondary N) is 1. The van der Waals surface area contributed by atoms with Crippen LogP contribution in [0, 0.1) is 6.92 Å². The van der Waals surface area contributed by atoms with Gasteiger partial charge in [-0.2, -0.15) is 10.2 Å². The van der Waals surface area contributed by atoms with Gasteiger partial charge in [-0.25, -0.2) is 4.98 Å². The van der Waals surface area contributed by atoms with Gasteiger partial charge in [0.1, 0.15) is 5.82 Å². The first-order valence-corrected chi connectivity index (χ1v) is 8.08. The summed E-state index contributed by atoms with van der Waals surface area (Å²) < 4.78 is 2.07. The van der Waals surface area contributed by atoms with Gasteiger partial charge in [0.2, 0.25) is 0 Å². The van der Waals surface area contributed by atoms with Crippen LogP contribution < -0.4 is 5.84 Å². The van der Waals surface area contributed by atoms with Crippen molar-refractivity contribution in [3.8, 4) is 11.3 Å². The molecule has 1 unspecified atom stereocenters. The lowest BCUT2D eigenvalue weighted by Crippen LogP contribution is -2.42. The second-order valence-corrected chi connectivity index (χ2v) is 6.28. The average Bonchev–Trinajstić information content (AvgIpc) is 3.29. The fourth-order valence-corrected chi connectivity index (χ4v) is 3.49. The van der Waals surface area contributed by atoms with E-state index in [4.69, 9.17) is 17.4 Å². The summed E-state index contributed by atoms with van der Waals surface area (Å²) >= 11 is 6.53. The minimum absolute atomic E-state index is 0.00218. The maximum atomic E-state index is 6.53. The Balaban J connectivity index is 1.99. The van der Waals surface area contributed by atoms with Crippen LogP contribution >= 0.6 is 11.6 Å². The van der Waals surface area contributed by atoms with Gasteiger partial charge in [0, 0.05) is 23.5 Å². The Bertz CT molecular complexity index is 912. The first-order valence-electron chi connectivity index (χ1n) is 7.70. The van der Waals surface area contributed by atoms with E-state index < -0.39 is 0 Å². The van der Waals surface area contributed by atoms with E-state index in [0.29, 0.717) is 11.6 Å². The van der Waals surface area contributed by atoms with Crippen LogP contribution in [-0.4, -0.2) is 36.3 Å². The standard InChI is InChI=1S/C16H18ClN7/c1-10(22-4-3-5-23(22)18)13-6-14(17)15-9-19-11(2)24(15)16(13)12-7-20-21-8-12/h3-4,6-10H,5,18H2,1-2H3,(H,20,21). The number of hydrogen-bond acceptors (Lipinski definition) is 5. The highest BCUT2D eigenvalue weighted by molar-refractivity contribution is 6.34. The molecule has 0 bridgehead atoms. The molecule has 0 fully saturated rings. The molecule has 1 aliphatic heterocycles. The molecule has 3 aromatic rings. The number of nitrogens with zero attached hydrogens (tertiary/aromatic N) is 5. The van der Waals surface area contributed by atoms with Crippen LogP contribution in [0.15, 0.2) is 36.9 Å². The molecule has 8 heteroatoms. The molecule has 0 spiro atoms. The monoisotopic (exact) mass is 343 g/mol. The zero-order chi connectivity index (χ0) is 16.8. The third-order valence-corrected chi connectivity index (χ3v) is 4.73. The van der Waals surface area contributed by atoms with Crippen molar-refractivity contribution in [2.45, 2.75) is 19.9 Å². The third-order valence-electron chi connectivity index (χ3n) is 4.43. The number of nitrogens with two attached hydrogens (primary N) is 1. The Labute approximate surface area is 144 Å². The number of fused-ring (bicyclic) bond motifs is 1. The number of pyridine rings is 1. The fourth-order valence-electron chi connectivity index (χ4n) is 3.23. The minimum atomic E-state index is 0.00218. The highest BCUT2D eigenvalue weighted by Crippen LogP contribution is 2.36. The fraction of sp³-hybridized carbons (Fsp3) is 0.250. The first-order chi connectivity index (χ1) is 11.6. The number of rotatable bonds is 3. The van der Waals surface area contributed by atoms with Crippen molar-refractivity contribution in [2.75, 3.05) is 6.54 Å². The number of halogens is 1. The number of aromatic amines is 1. The van der Waals surface area contributed by atoms with Crippen LogP contribution in [0.1, 0.15) is 24.4 Å². The van der Waals surface area contributed by atoms with Gasteiger partial charge in [-0.3, -0.25) is 20.4 Å². The average molecular weight is 344 g/mol. The van der Waals surface area contributed by atoms with Gasteiger partial charge in [-0.15, -0.1) is 0 Å². The van der Waals surface area contributed by atoms with Crippen LogP contribution in [0.3, 0.4) is 0 Å². The molecule has 124 valence electrons. The second kappa shape index (κ2) is 5.62. The Hall–Kier alpha value is -2.35. The lowest BCUT2D eigenvalue weighted by molar-refractivity contribution is 0.0158. The van der Waals surface area contributed by atoms with Gasteiger partial charge in [0.25, 0.3) is 0 Å². The smallest absolute Gasteiger partial charge is 0.110 e. The topological polar surface area (TPSA) is 78.5 Å². The SMILES string of the molecule is Cc1ncc2c(Cl)cc(C(C)N3C=CCN3N)c(-c3cn[nH]c3)n12. The molecule has 0 aromatic carbocycles. The second-order valence-electron chi connectivity index (χ2n) is 5.87. The molecule has 3 N–H and O–H groups in total. The van der Waals surface area contributed by atoms with Crippen molar-refractivity contribution in [3.05, 3.63) is 53.3 Å². The molecule has 0 radical (unpaired) electrons. The van der Waals surface area contributed by atoms with Gasteiger partial charge in [0.05, 0.1) is 41.2 Å². The van der Waals surface area contributed by atoms with E-state index in [0.717, 1.165) is 28.2 Å². The lowest BCUT2D eigenvalue weighted by Gasteiger charge is -2.32. The zero-order valence-corrected chi connectivity index (χ0v) is 14.2. The van der Waals surface area contributed by atoms with Crippen LogP contribution in [0.4, 0.5) is 0 Å². The molecular weight excluding hydrogens is 326 g/mol. The summed E-state index contributed by atoms with van der Waals surface area (Å²) in [6, 6.07) is 1.99. The molecule has 4 rings (SSSR count). The molecular formula is C16H18ClN7. The highest BCUT2D eigenvalue weighted by Gasteiger charge is 2.26. The van der Waals surface area contributed by atoms with E-state index in [9.17, 15) is 0 Å². The number of H-pyrrole nitrogens is 1. The number of hydrazine groups is 2. The Morgan fingerprint density at radius 1 is 1.38 bits per heavy atom. The largest absolute Gasteiger partial charge is 0.295 e. The van der Waals surface area contributed by atoms with Crippen LogP contribution in [-0.2, 0) is 0 Å². The molecule has 0 saturated heterocycles. The predicted molar refractivity (Wildman–Crippen MR) is 92.8 cm³/mol. The van der Waals surface area contributed by atoms with Crippen molar-refractivity contribution in [3.63, 3.8) is 0 Å². The molecule has 7 nitrogen and oxygen atoms in total. The van der Waals surface area contributed by atoms with E-state index >= 15 is 0 Å². The van der Waals surface area contributed by atoms with Crippen molar-refractivity contribution in [1.29, 1.82) is 0 Å². The van der Waals surface area contributed by atoms with Gasteiger partial charge in [0.15, 0.2) is 0 Å². The number of aromatic nitrogens is 4. The number of aryl methyl sites for hydroxylation is 1. The summed E-state index contributed by atoms with van der Waals surface area (Å²) in [7, 11) is 0. The predicted octanol–water partition coefficient (Wildman–Crippen LogP) is 2.67. The molecule has 24 heavy (non-hydrogen) atoms. The van der Waals surface area contributed by atoms with E-state index in [2.05, 4.69) is 26.5 Å². The van der Waals surface area contributed by atoms with E-state index in [1.807, 2.05) is 36.5 Å². The van der Waals surface area contributed by atoms with E-state index in [1.54, 1.807) is 17.5 Å². The molecule has 4 heterocycles. The number of imidazole rings is 1. The van der Waals surface area contributed by atoms with Gasteiger partial charge in [-0.05, 0) is 26.0 Å². The van der Waals surface area contributed by atoms with Crippen molar-refractivity contribution in [2.24, 2.45) is 5.84 Å². The van der Waals surface area contributed by atoms with Gasteiger partial charge in [-0.1, -0.05) is 11.6 Å².